The third-order valence-electron chi connectivity index (χ3n) is 10.6. The molecule has 0 atom stereocenters. The molecule has 49 heavy (non-hydrogen) atoms. The lowest BCUT2D eigenvalue weighted by molar-refractivity contribution is 0.973. The van der Waals surface area contributed by atoms with Gasteiger partial charge in [-0.3, -0.25) is 9.13 Å². The highest BCUT2D eigenvalue weighted by atomic mass is 15.2. The number of hydrogen-bond acceptors (Lipinski definition) is 2. The number of aromatic nitrogens is 5. The Balaban J connectivity index is 1.32. The largest absolute Gasteiger partial charge is 0.308 e. The number of para-hydroxylation sites is 6. The SMILES string of the molecule is c1ccc2c(-n3c4ccccc4c4cc5c6ccccc6n6c7ccccc7c(c43)c56)nc(-n3c4ccccc4c4ccccc43)nc2c1. The first kappa shape index (κ1) is 25.4. The third-order valence-corrected chi connectivity index (χ3v) is 10.6. The molecule has 12 aromatic rings. The maximum Gasteiger partial charge on any atom is 0.237 e. The van der Waals surface area contributed by atoms with Crippen molar-refractivity contribution in [3.05, 3.63) is 152 Å². The number of rotatable bonds is 2. The molecule has 0 aliphatic heterocycles. The zero-order valence-corrected chi connectivity index (χ0v) is 26.2. The van der Waals surface area contributed by atoms with Gasteiger partial charge in [0.25, 0.3) is 0 Å². The van der Waals surface area contributed by atoms with Crippen LogP contribution in [0.3, 0.4) is 0 Å². The van der Waals surface area contributed by atoms with Crippen LogP contribution in [0.2, 0.25) is 0 Å². The van der Waals surface area contributed by atoms with E-state index in [9.17, 15) is 0 Å². The Kier molecular flexibility index (Phi) is 4.66. The molecule has 5 aromatic heterocycles. The summed E-state index contributed by atoms with van der Waals surface area (Å²) in [5, 5.41) is 10.8. The lowest BCUT2D eigenvalue weighted by atomic mass is 10.0. The molecule has 0 amide bonds. The van der Waals surface area contributed by atoms with Gasteiger partial charge >= 0.3 is 0 Å². The first-order valence-corrected chi connectivity index (χ1v) is 16.7. The van der Waals surface area contributed by atoms with Crippen molar-refractivity contribution in [2.45, 2.75) is 0 Å². The fourth-order valence-electron chi connectivity index (χ4n) is 8.63. The van der Waals surface area contributed by atoms with E-state index in [1.807, 2.05) is 0 Å². The van der Waals surface area contributed by atoms with Gasteiger partial charge < -0.3 is 4.40 Å². The van der Waals surface area contributed by atoms with E-state index >= 15 is 0 Å². The first-order valence-electron chi connectivity index (χ1n) is 16.7. The molecule has 5 heteroatoms. The van der Waals surface area contributed by atoms with E-state index in [1.54, 1.807) is 0 Å². The summed E-state index contributed by atoms with van der Waals surface area (Å²) in [6.45, 7) is 0. The predicted octanol–water partition coefficient (Wildman–Crippen LogP) is 11.0. The van der Waals surface area contributed by atoms with Gasteiger partial charge in [-0.05, 0) is 48.5 Å². The van der Waals surface area contributed by atoms with Crippen molar-refractivity contribution in [1.29, 1.82) is 0 Å². The summed E-state index contributed by atoms with van der Waals surface area (Å²) in [7, 11) is 0. The summed E-state index contributed by atoms with van der Waals surface area (Å²) in [6, 6.07) is 54.3. The van der Waals surface area contributed by atoms with Crippen molar-refractivity contribution in [2.24, 2.45) is 0 Å². The second-order valence-electron chi connectivity index (χ2n) is 13.0. The Bertz CT molecular complexity index is 3290. The topological polar surface area (TPSA) is 40.0 Å². The Morgan fingerprint density at radius 2 is 0.796 bits per heavy atom. The van der Waals surface area contributed by atoms with Crippen molar-refractivity contribution in [1.82, 2.24) is 23.5 Å². The van der Waals surface area contributed by atoms with Crippen molar-refractivity contribution in [3.8, 4) is 11.8 Å². The van der Waals surface area contributed by atoms with Crippen LogP contribution in [0, 0.1) is 0 Å². The minimum atomic E-state index is 0.657. The summed E-state index contributed by atoms with van der Waals surface area (Å²) < 4.78 is 7.09. The van der Waals surface area contributed by atoms with Gasteiger partial charge in [0, 0.05) is 48.5 Å². The van der Waals surface area contributed by atoms with Crippen LogP contribution in [0.15, 0.2) is 152 Å². The lowest BCUT2D eigenvalue weighted by Gasteiger charge is -2.14. The Morgan fingerprint density at radius 1 is 0.347 bits per heavy atom. The van der Waals surface area contributed by atoms with Gasteiger partial charge in [0.15, 0.2) is 5.82 Å². The maximum absolute atomic E-state index is 5.57. The number of hydrogen-bond donors (Lipinski definition) is 0. The summed E-state index contributed by atoms with van der Waals surface area (Å²) >= 11 is 0. The van der Waals surface area contributed by atoms with Crippen molar-refractivity contribution >= 4 is 92.6 Å². The van der Waals surface area contributed by atoms with Crippen LogP contribution in [0.25, 0.3) is 104 Å². The highest BCUT2D eigenvalue weighted by Crippen LogP contribution is 2.46. The average molecular weight is 624 g/mol. The maximum atomic E-state index is 5.57. The summed E-state index contributed by atoms with van der Waals surface area (Å²) in [4.78, 5) is 10.8. The molecule has 7 aromatic carbocycles. The molecular formula is C44H25N5. The fourth-order valence-corrected chi connectivity index (χ4v) is 8.63. The minimum absolute atomic E-state index is 0.657. The van der Waals surface area contributed by atoms with E-state index in [4.69, 9.17) is 9.97 Å². The highest BCUT2D eigenvalue weighted by molar-refractivity contribution is 6.34. The number of fused-ring (bicyclic) bond motifs is 14. The van der Waals surface area contributed by atoms with E-state index in [1.165, 1.54) is 65.2 Å². The smallest absolute Gasteiger partial charge is 0.237 e. The fraction of sp³-hybridized carbons (Fsp3) is 0. The van der Waals surface area contributed by atoms with Gasteiger partial charge in [0.2, 0.25) is 5.95 Å². The Hall–Kier alpha value is -6.72. The highest BCUT2D eigenvalue weighted by Gasteiger charge is 2.26. The molecular weight excluding hydrogens is 599 g/mol. The Labute approximate surface area is 278 Å². The zero-order chi connectivity index (χ0) is 31.8. The van der Waals surface area contributed by atoms with Gasteiger partial charge in [-0.25, -0.2) is 4.98 Å². The van der Waals surface area contributed by atoms with Crippen molar-refractivity contribution < 1.29 is 0 Å². The van der Waals surface area contributed by atoms with Gasteiger partial charge in [0.05, 0.1) is 44.1 Å². The average Bonchev–Trinajstić information content (AvgIpc) is 3.88. The molecule has 0 saturated heterocycles. The summed E-state index contributed by atoms with van der Waals surface area (Å²) in [6.07, 6.45) is 0. The normalized spacial score (nSPS) is 12.5. The quantitative estimate of drug-likeness (QED) is 0.192. The molecule has 5 heterocycles. The van der Waals surface area contributed by atoms with Crippen LogP contribution in [0.5, 0.6) is 0 Å². The minimum Gasteiger partial charge on any atom is -0.308 e. The van der Waals surface area contributed by atoms with Crippen LogP contribution in [-0.4, -0.2) is 23.5 Å². The predicted molar refractivity (Wildman–Crippen MR) is 203 cm³/mol. The molecule has 0 unspecified atom stereocenters. The second kappa shape index (κ2) is 9.00. The molecule has 0 fully saturated rings. The number of nitrogens with zero attached hydrogens (tertiary/aromatic N) is 5. The van der Waals surface area contributed by atoms with Crippen LogP contribution in [-0.2, 0) is 0 Å². The lowest BCUT2D eigenvalue weighted by Crippen LogP contribution is -2.07. The molecule has 12 rings (SSSR count). The molecule has 0 radical (unpaired) electrons. The van der Waals surface area contributed by atoms with E-state index in [-0.39, 0.29) is 0 Å². The molecule has 0 spiro atoms. The monoisotopic (exact) mass is 623 g/mol. The molecule has 0 saturated carbocycles. The molecule has 0 N–H and O–H groups in total. The van der Waals surface area contributed by atoms with Crippen LogP contribution >= 0.6 is 0 Å². The van der Waals surface area contributed by atoms with E-state index < -0.39 is 0 Å². The van der Waals surface area contributed by atoms with E-state index in [2.05, 4.69) is 165 Å². The summed E-state index contributed by atoms with van der Waals surface area (Å²) in [5.74, 6) is 1.53. The van der Waals surface area contributed by atoms with Crippen molar-refractivity contribution in [2.75, 3.05) is 0 Å². The van der Waals surface area contributed by atoms with Gasteiger partial charge in [0.1, 0.15) is 0 Å². The zero-order valence-electron chi connectivity index (χ0n) is 26.2. The van der Waals surface area contributed by atoms with Crippen LogP contribution in [0.1, 0.15) is 0 Å². The van der Waals surface area contributed by atoms with Crippen LogP contribution < -0.4 is 0 Å². The van der Waals surface area contributed by atoms with E-state index in [0.29, 0.717) is 5.95 Å². The molecule has 0 bridgehead atoms. The van der Waals surface area contributed by atoms with Crippen LogP contribution in [0.4, 0.5) is 0 Å². The second-order valence-corrected chi connectivity index (χ2v) is 13.0. The Morgan fingerprint density at radius 3 is 1.45 bits per heavy atom. The van der Waals surface area contributed by atoms with Gasteiger partial charge in [-0.2, -0.15) is 4.98 Å². The van der Waals surface area contributed by atoms with E-state index in [0.717, 1.165) is 33.3 Å². The number of benzene rings is 7. The standard InChI is InChI=1S/C44H25N5/c1-7-19-34-30(17-1)43(46-44(45-34)48-36-21-9-2-13-26(36)27-14-3-10-22-37(27)48)49-38-23-11-5-16-29(38)33-25-32-28-15-4-8-20-35(28)47-39-24-12-6-18-31(39)40(41(32)47)42(33)49/h1-25H. The van der Waals surface area contributed by atoms with Crippen molar-refractivity contribution in [3.63, 3.8) is 0 Å². The molecule has 226 valence electrons. The molecule has 5 nitrogen and oxygen atoms in total. The third kappa shape index (κ3) is 3.10. The molecule has 0 aliphatic carbocycles. The van der Waals surface area contributed by atoms with Gasteiger partial charge in [-0.15, -0.1) is 0 Å². The first-order chi connectivity index (χ1) is 24.3. The summed E-state index contributed by atoms with van der Waals surface area (Å²) in [5.41, 5.74) is 9.07. The van der Waals surface area contributed by atoms with Gasteiger partial charge in [-0.1, -0.05) is 103 Å². The molecule has 0 aliphatic rings.